The Morgan fingerprint density at radius 2 is 2.45 bits per heavy atom. The maximum atomic E-state index is 5.04. The standard InChI is InChI=1S/C6H10N4O/c1(6-3-11-4-6)2-10-5-7-8-9-10/h5-6H,1-4H2. The fraction of sp³-hybridized carbons (Fsp3) is 0.833. The predicted octanol–water partition coefficient (Wildman–Crippen LogP) is -0.290. The molecular weight excluding hydrogens is 144 g/mol. The van der Waals surface area contributed by atoms with Gasteiger partial charge in [-0.2, -0.15) is 0 Å². The minimum Gasteiger partial charge on any atom is -0.381 e. The Balaban J connectivity index is 1.74. The molecular formula is C6H10N4O. The molecule has 1 aromatic rings. The minimum atomic E-state index is 0.721. The van der Waals surface area contributed by atoms with Gasteiger partial charge in [0.05, 0.1) is 13.2 Å². The molecule has 0 aliphatic carbocycles. The molecule has 0 saturated carbocycles. The minimum absolute atomic E-state index is 0.721. The van der Waals surface area contributed by atoms with Crippen molar-refractivity contribution in [3.63, 3.8) is 0 Å². The molecule has 0 spiro atoms. The first-order valence-electron chi connectivity index (χ1n) is 3.73. The van der Waals surface area contributed by atoms with E-state index in [0.717, 1.165) is 32.1 Å². The van der Waals surface area contributed by atoms with Crippen molar-refractivity contribution >= 4 is 0 Å². The zero-order valence-corrected chi connectivity index (χ0v) is 6.18. The van der Waals surface area contributed by atoms with E-state index in [-0.39, 0.29) is 0 Å². The molecule has 0 N–H and O–H groups in total. The molecule has 60 valence electrons. The summed E-state index contributed by atoms with van der Waals surface area (Å²) in [5, 5.41) is 10.9. The van der Waals surface area contributed by atoms with E-state index in [2.05, 4.69) is 15.5 Å². The van der Waals surface area contributed by atoms with E-state index in [1.165, 1.54) is 0 Å². The van der Waals surface area contributed by atoms with Crippen LogP contribution in [0.15, 0.2) is 6.33 Å². The Morgan fingerprint density at radius 1 is 1.55 bits per heavy atom. The first kappa shape index (κ1) is 6.72. The van der Waals surface area contributed by atoms with Crippen LogP contribution in [0.4, 0.5) is 0 Å². The predicted molar refractivity (Wildman–Crippen MR) is 36.7 cm³/mol. The summed E-state index contributed by atoms with van der Waals surface area (Å²) >= 11 is 0. The molecule has 1 aliphatic rings. The fourth-order valence-electron chi connectivity index (χ4n) is 1.05. The first-order chi connectivity index (χ1) is 5.45. The van der Waals surface area contributed by atoms with Crippen LogP contribution in [0, 0.1) is 5.92 Å². The molecule has 0 aromatic carbocycles. The molecule has 0 radical (unpaired) electrons. The molecule has 1 fully saturated rings. The summed E-state index contributed by atoms with van der Waals surface area (Å²) < 4.78 is 6.79. The fourth-order valence-corrected chi connectivity index (χ4v) is 1.05. The zero-order valence-electron chi connectivity index (χ0n) is 6.18. The molecule has 5 heteroatoms. The number of rotatable bonds is 3. The van der Waals surface area contributed by atoms with Gasteiger partial charge >= 0.3 is 0 Å². The van der Waals surface area contributed by atoms with E-state index in [0.29, 0.717) is 0 Å². The van der Waals surface area contributed by atoms with E-state index in [4.69, 9.17) is 4.74 Å². The second kappa shape index (κ2) is 2.96. The van der Waals surface area contributed by atoms with Crippen LogP contribution in [0.5, 0.6) is 0 Å². The van der Waals surface area contributed by atoms with E-state index < -0.39 is 0 Å². The van der Waals surface area contributed by atoms with Crippen molar-refractivity contribution in [2.75, 3.05) is 13.2 Å². The topological polar surface area (TPSA) is 52.8 Å². The number of ether oxygens (including phenoxy) is 1. The molecule has 1 aromatic heterocycles. The average molecular weight is 154 g/mol. The van der Waals surface area contributed by atoms with E-state index >= 15 is 0 Å². The van der Waals surface area contributed by atoms with Gasteiger partial charge in [0.15, 0.2) is 0 Å². The van der Waals surface area contributed by atoms with Crippen molar-refractivity contribution in [1.29, 1.82) is 0 Å². The number of hydrogen-bond donors (Lipinski definition) is 0. The van der Waals surface area contributed by atoms with Crippen molar-refractivity contribution in [1.82, 2.24) is 20.2 Å². The third-order valence-corrected chi connectivity index (χ3v) is 1.87. The van der Waals surface area contributed by atoms with Crippen LogP contribution in [-0.2, 0) is 11.3 Å². The van der Waals surface area contributed by atoms with Gasteiger partial charge in [-0.25, -0.2) is 4.68 Å². The summed E-state index contributed by atoms with van der Waals surface area (Å²) in [4.78, 5) is 0. The van der Waals surface area contributed by atoms with Crippen LogP contribution >= 0.6 is 0 Å². The molecule has 0 atom stereocenters. The van der Waals surface area contributed by atoms with Crippen LogP contribution in [-0.4, -0.2) is 33.4 Å². The smallest absolute Gasteiger partial charge is 0.138 e. The maximum absolute atomic E-state index is 5.04. The lowest BCUT2D eigenvalue weighted by atomic mass is 10.0. The molecule has 2 heterocycles. The first-order valence-corrected chi connectivity index (χ1v) is 3.73. The highest BCUT2D eigenvalue weighted by Crippen LogP contribution is 2.14. The van der Waals surface area contributed by atoms with E-state index in [1.54, 1.807) is 11.0 Å². The van der Waals surface area contributed by atoms with Crippen molar-refractivity contribution in [3.8, 4) is 0 Å². The summed E-state index contributed by atoms with van der Waals surface area (Å²) in [5.74, 6) is 0.721. The van der Waals surface area contributed by atoms with Crippen LogP contribution in [0.3, 0.4) is 0 Å². The van der Waals surface area contributed by atoms with Gasteiger partial charge in [0.25, 0.3) is 0 Å². The van der Waals surface area contributed by atoms with Gasteiger partial charge in [-0.3, -0.25) is 0 Å². The average Bonchev–Trinajstić information content (AvgIpc) is 2.36. The molecule has 1 aliphatic heterocycles. The van der Waals surface area contributed by atoms with Gasteiger partial charge in [0.2, 0.25) is 0 Å². The quantitative estimate of drug-likeness (QED) is 0.600. The normalized spacial score (nSPS) is 18.2. The lowest BCUT2D eigenvalue weighted by Crippen LogP contribution is -2.28. The number of tetrazole rings is 1. The van der Waals surface area contributed by atoms with Gasteiger partial charge in [0, 0.05) is 12.5 Å². The molecule has 1 saturated heterocycles. The molecule has 2 rings (SSSR count). The maximum Gasteiger partial charge on any atom is 0.138 e. The molecule has 0 unspecified atom stereocenters. The number of aromatic nitrogens is 4. The van der Waals surface area contributed by atoms with Crippen LogP contribution in [0.25, 0.3) is 0 Å². The Kier molecular flexibility index (Phi) is 1.81. The van der Waals surface area contributed by atoms with Gasteiger partial charge in [0.1, 0.15) is 6.33 Å². The summed E-state index contributed by atoms with van der Waals surface area (Å²) in [6.45, 7) is 2.71. The second-order valence-electron chi connectivity index (χ2n) is 2.77. The third kappa shape index (κ3) is 1.54. The van der Waals surface area contributed by atoms with Crippen molar-refractivity contribution in [2.24, 2.45) is 5.92 Å². The summed E-state index contributed by atoms with van der Waals surface area (Å²) in [7, 11) is 0. The van der Waals surface area contributed by atoms with Crippen LogP contribution in [0.2, 0.25) is 0 Å². The SMILES string of the molecule is c1nnnn1CCC1COC1. The van der Waals surface area contributed by atoms with Crippen molar-refractivity contribution in [3.05, 3.63) is 6.33 Å². The van der Waals surface area contributed by atoms with Crippen LogP contribution in [0.1, 0.15) is 6.42 Å². The largest absolute Gasteiger partial charge is 0.381 e. The summed E-state index contributed by atoms with van der Waals surface area (Å²) in [6.07, 6.45) is 2.75. The highest BCUT2D eigenvalue weighted by Gasteiger charge is 2.17. The van der Waals surface area contributed by atoms with Crippen LogP contribution < -0.4 is 0 Å². The number of hydrogen-bond acceptors (Lipinski definition) is 4. The van der Waals surface area contributed by atoms with Gasteiger partial charge in [-0.15, -0.1) is 5.10 Å². The monoisotopic (exact) mass is 154 g/mol. The zero-order chi connectivity index (χ0) is 7.52. The van der Waals surface area contributed by atoms with Crippen molar-refractivity contribution in [2.45, 2.75) is 13.0 Å². The third-order valence-electron chi connectivity index (χ3n) is 1.87. The van der Waals surface area contributed by atoms with Crippen molar-refractivity contribution < 1.29 is 4.74 Å². The van der Waals surface area contributed by atoms with Gasteiger partial charge in [-0.05, 0) is 16.8 Å². The molecule has 11 heavy (non-hydrogen) atoms. The lowest BCUT2D eigenvalue weighted by Gasteiger charge is -2.25. The van der Waals surface area contributed by atoms with Gasteiger partial charge in [-0.1, -0.05) is 0 Å². The molecule has 5 nitrogen and oxygen atoms in total. The van der Waals surface area contributed by atoms with E-state index in [1.807, 2.05) is 0 Å². The summed E-state index contributed by atoms with van der Waals surface area (Å²) in [5.41, 5.74) is 0. The van der Waals surface area contributed by atoms with E-state index in [9.17, 15) is 0 Å². The van der Waals surface area contributed by atoms with Gasteiger partial charge < -0.3 is 4.74 Å². The Bertz CT molecular complexity index is 206. The highest BCUT2D eigenvalue weighted by molar-refractivity contribution is 4.64. The highest BCUT2D eigenvalue weighted by atomic mass is 16.5. The molecule has 0 amide bonds. The Hall–Kier alpha value is -0.970. The Labute approximate surface area is 64.3 Å². The number of nitrogens with zero attached hydrogens (tertiary/aromatic N) is 4. The second-order valence-corrected chi connectivity index (χ2v) is 2.77. The summed E-state index contributed by atoms with van der Waals surface area (Å²) in [6, 6.07) is 0. The lowest BCUT2D eigenvalue weighted by molar-refractivity contribution is -0.0375. The molecule has 0 bridgehead atoms. The number of aryl methyl sites for hydroxylation is 1. The Morgan fingerprint density at radius 3 is 3.00 bits per heavy atom.